The quantitative estimate of drug-likeness (QED) is 0.570. The summed E-state index contributed by atoms with van der Waals surface area (Å²) in [6, 6.07) is 8.14. The lowest BCUT2D eigenvalue weighted by Gasteiger charge is -2.15. The lowest BCUT2D eigenvalue weighted by Crippen LogP contribution is -2.39. The van der Waals surface area contributed by atoms with Crippen LogP contribution >= 0.6 is 11.3 Å². The Morgan fingerprint density at radius 1 is 1.33 bits per heavy atom. The molecule has 0 aliphatic carbocycles. The van der Waals surface area contributed by atoms with Gasteiger partial charge in [-0.15, -0.1) is 11.3 Å². The van der Waals surface area contributed by atoms with Crippen LogP contribution in [0, 0.1) is 5.92 Å². The van der Waals surface area contributed by atoms with E-state index in [-0.39, 0.29) is 0 Å². The second-order valence-corrected chi connectivity index (χ2v) is 6.71. The van der Waals surface area contributed by atoms with Crippen LogP contribution in [-0.4, -0.2) is 31.1 Å². The van der Waals surface area contributed by atoms with Gasteiger partial charge in [0.25, 0.3) is 0 Å². The molecular formula is C18H26N4OS. The SMILES string of the molecule is CCNC(=NCc1ccc(OC)nc1)NCC(C)Cc1cccs1. The molecule has 6 heteroatoms. The Hall–Kier alpha value is -2.08. The molecule has 0 aliphatic heterocycles. The van der Waals surface area contributed by atoms with Crippen molar-refractivity contribution in [2.24, 2.45) is 10.9 Å². The van der Waals surface area contributed by atoms with Crippen molar-refractivity contribution in [3.05, 3.63) is 46.3 Å². The van der Waals surface area contributed by atoms with Gasteiger partial charge in [0, 0.05) is 30.2 Å². The van der Waals surface area contributed by atoms with Gasteiger partial charge < -0.3 is 15.4 Å². The molecule has 5 nitrogen and oxygen atoms in total. The van der Waals surface area contributed by atoms with Gasteiger partial charge in [0.15, 0.2) is 5.96 Å². The van der Waals surface area contributed by atoms with Gasteiger partial charge in [-0.05, 0) is 36.3 Å². The molecule has 130 valence electrons. The van der Waals surface area contributed by atoms with Crippen LogP contribution in [0.3, 0.4) is 0 Å². The summed E-state index contributed by atoms with van der Waals surface area (Å²) in [5.41, 5.74) is 1.06. The number of aromatic nitrogens is 1. The number of nitrogens with one attached hydrogen (secondary N) is 2. The molecular weight excluding hydrogens is 320 g/mol. The number of ether oxygens (including phenoxy) is 1. The molecule has 2 N–H and O–H groups in total. The Bertz CT molecular complexity index is 610. The van der Waals surface area contributed by atoms with E-state index in [4.69, 9.17) is 4.74 Å². The molecule has 2 rings (SSSR count). The van der Waals surface area contributed by atoms with Crippen LogP contribution in [0.1, 0.15) is 24.3 Å². The Balaban J connectivity index is 1.85. The molecule has 0 radical (unpaired) electrons. The maximum Gasteiger partial charge on any atom is 0.212 e. The van der Waals surface area contributed by atoms with Gasteiger partial charge in [0.05, 0.1) is 13.7 Å². The summed E-state index contributed by atoms with van der Waals surface area (Å²) in [6.45, 7) is 6.65. The lowest BCUT2D eigenvalue weighted by atomic mass is 10.1. The zero-order chi connectivity index (χ0) is 17.2. The zero-order valence-corrected chi connectivity index (χ0v) is 15.4. The minimum atomic E-state index is 0.551. The van der Waals surface area contributed by atoms with Crippen LogP contribution in [0.2, 0.25) is 0 Å². The summed E-state index contributed by atoms with van der Waals surface area (Å²) in [5, 5.41) is 8.84. The molecule has 0 aliphatic rings. The van der Waals surface area contributed by atoms with Crippen molar-refractivity contribution in [3.63, 3.8) is 0 Å². The summed E-state index contributed by atoms with van der Waals surface area (Å²) in [6.07, 6.45) is 2.89. The Kier molecular flexibility index (Phi) is 7.55. The van der Waals surface area contributed by atoms with Crippen molar-refractivity contribution < 1.29 is 4.74 Å². The number of hydrogen-bond donors (Lipinski definition) is 2. The maximum absolute atomic E-state index is 5.07. The molecule has 0 saturated heterocycles. The highest BCUT2D eigenvalue weighted by molar-refractivity contribution is 7.09. The third-order valence-electron chi connectivity index (χ3n) is 3.52. The van der Waals surface area contributed by atoms with Gasteiger partial charge in [-0.2, -0.15) is 0 Å². The first-order valence-electron chi connectivity index (χ1n) is 8.24. The van der Waals surface area contributed by atoms with Crippen molar-refractivity contribution in [1.82, 2.24) is 15.6 Å². The standard InChI is InChI=1S/C18H26N4OS/c1-4-19-18(21-11-14(2)10-16-6-5-9-24-16)22-13-15-7-8-17(23-3)20-12-15/h5-9,12,14H,4,10-11,13H2,1-3H3,(H2,19,21,22). The molecule has 0 aromatic carbocycles. The molecule has 0 amide bonds. The normalized spacial score (nSPS) is 12.7. The van der Waals surface area contributed by atoms with Crippen molar-refractivity contribution in [3.8, 4) is 5.88 Å². The number of aliphatic imine (C=N–C) groups is 1. The van der Waals surface area contributed by atoms with E-state index in [0.717, 1.165) is 31.0 Å². The van der Waals surface area contributed by atoms with Gasteiger partial charge in [0.2, 0.25) is 5.88 Å². The van der Waals surface area contributed by atoms with E-state index in [1.54, 1.807) is 13.3 Å². The Morgan fingerprint density at radius 2 is 2.21 bits per heavy atom. The first kappa shape index (κ1) is 18.3. The number of hydrogen-bond acceptors (Lipinski definition) is 4. The van der Waals surface area contributed by atoms with Crippen LogP contribution in [0.4, 0.5) is 0 Å². The number of thiophene rings is 1. The first-order valence-corrected chi connectivity index (χ1v) is 9.12. The minimum Gasteiger partial charge on any atom is -0.481 e. The average Bonchev–Trinajstić information content (AvgIpc) is 3.10. The van der Waals surface area contributed by atoms with Crippen molar-refractivity contribution >= 4 is 17.3 Å². The largest absolute Gasteiger partial charge is 0.481 e. The third kappa shape index (κ3) is 6.20. The van der Waals surface area contributed by atoms with E-state index in [2.05, 4.69) is 52.0 Å². The number of nitrogens with zero attached hydrogens (tertiary/aromatic N) is 2. The van der Waals surface area contributed by atoms with E-state index in [9.17, 15) is 0 Å². The summed E-state index contributed by atoms with van der Waals surface area (Å²) < 4.78 is 5.07. The Morgan fingerprint density at radius 3 is 2.83 bits per heavy atom. The second kappa shape index (κ2) is 9.93. The van der Waals surface area contributed by atoms with E-state index < -0.39 is 0 Å². The van der Waals surface area contributed by atoms with Crippen LogP contribution < -0.4 is 15.4 Å². The topological polar surface area (TPSA) is 58.5 Å². The predicted octanol–water partition coefficient (Wildman–Crippen LogP) is 3.09. The molecule has 2 aromatic heterocycles. The molecule has 2 heterocycles. The molecule has 24 heavy (non-hydrogen) atoms. The highest BCUT2D eigenvalue weighted by Crippen LogP contribution is 2.13. The molecule has 0 spiro atoms. The van der Waals surface area contributed by atoms with Crippen molar-refractivity contribution in [2.75, 3.05) is 20.2 Å². The molecule has 0 saturated carbocycles. The summed E-state index contributed by atoms with van der Waals surface area (Å²) in [4.78, 5) is 10.3. The van der Waals surface area contributed by atoms with Gasteiger partial charge >= 0.3 is 0 Å². The highest BCUT2D eigenvalue weighted by Gasteiger charge is 2.06. The van der Waals surface area contributed by atoms with Crippen LogP contribution in [0.15, 0.2) is 40.8 Å². The summed E-state index contributed by atoms with van der Waals surface area (Å²) >= 11 is 1.82. The predicted molar refractivity (Wildman–Crippen MR) is 101 cm³/mol. The van der Waals surface area contributed by atoms with E-state index in [1.807, 2.05) is 23.5 Å². The molecule has 1 unspecified atom stereocenters. The number of rotatable bonds is 8. The average molecular weight is 347 g/mol. The highest BCUT2D eigenvalue weighted by atomic mass is 32.1. The number of guanidine groups is 1. The van der Waals surface area contributed by atoms with E-state index in [1.165, 1.54) is 4.88 Å². The van der Waals surface area contributed by atoms with Crippen molar-refractivity contribution in [2.45, 2.75) is 26.8 Å². The number of pyridine rings is 1. The van der Waals surface area contributed by atoms with Gasteiger partial charge in [-0.25, -0.2) is 9.98 Å². The monoisotopic (exact) mass is 346 g/mol. The summed E-state index contributed by atoms with van der Waals surface area (Å²) in [7, 11) is 1.62. The first-order chi connectivity index (χ1) is 11.7. The molecule has 0 bridgehead atoms. The van der Waals surface area contributed by atoms with E-state index >= 15 is 0 Å². The maximum atomic E-state index is 5.07. The van der Waals surface area contributed by atoms with Gasteiger partial charge in [-0.3, -0.25) is 0 Å². The van der Waals surface area contributed by atoms with Gasteiger partial charge in [-0.1, -0.05) is 19.1 Å². The second-order valence-electron chi connectivity index (χ2n) is 5.67. The Labute approximate surface area is 148 Å². The lowest BCUT2D eigenvalue weighted by molar-refractivity contribution is 0.397. The van der Waals surface area contributed by atoms with Crippen LogP contribution in [0.5, 0.6) is 5.88 Å². The molecule has 1 atom stereocenters. The molecule has 2 aromatic rings. The van der Waals surface area contributed by atoms with Crippen molar-refractivity contribution in [1.29, 1.82) is 0 Å². The fourth-order valence-corrected chi connectivity index (χ4v) is 3.12. The van der Waals surface area contributed by atoms with Gasteiger partial charge in [0.1, 0.15) is 0 Å². The third-order valence-corrected chi connectivity index (χ3v) is 4.42. The van der Waals surface area contributed by atoms with Crippen LogP contribution in [-0.2, 0) is 13.0 Å². The zero-order valence-electron chi connectivity index (χ0n) is 14.6. The molecule has 0 fully saturated rings. The smallest absolute Gasteiger partial charge is 0.212 e. The number of methoxy groups -OCH3 is 1. The minimum absolute atomic E-state index is 0.551. The summed E-state index contributed by atoms with van der Waals surface area (Å²) in [5.74, 6) is 2.01. The van der Waals surface area contributed by atoms with E-state index in [0.29, 0.717) is 18.3 Å². The fourth-order valence-electron chi connectivity index (χ4n) is 2.25. The van der Waals surface area contributed by atoms with Crippen LogP contribution in [0.25, 0.3) is 0 Å². The fraction of sp³-hybridized carbons (Fsp3) is 0.444.